The van der Waals surface area contributed by atoms with Crippen LogP contribution in [0.5, 0.6) is 5.75 Å². The summed E-state index contributed by atoms with van der Waals surface area (Å²) in [5, 5.41) is 1.79. The average Bonchev–Trinajstić information content (AvgIpc) is 2.60. The molecule has 0 unspecified atom stereocenters. The van der Waals surface area contributed by atoms with Gasteiger partial charge >= 0.3 is 5.97 Å². The monoisotopic (exact) mass is 310 g/mol. The van der Waals surface area contributed by atoms with Crippen LogP contribution in [-0.2, 0) is 4.79 Å². The highest BCUT2D eigenvalue weighted by molar-refractivity contribution is 6.01. The standard InChI is InChI=1S/C20H22O3/c21-14-18-17-9-5-4-8-16(17)11-12-19(18)23-20(22)13-10-15-6-2-1-3-7-15/h4-5,8-9,11-12,14-15H,1-3,6-7,10,13H2. The largest absolute Gasteiger partial charge is 0.426 e. The van der Waals surface area contributed by atoms with E-state index < -0.39 is 0 Å². The smallest absolute Gasteiger partial charge is 0.311 e. The number of aldehydes is 1. The summed E-state index contributed by atoms with van der Waals surface area (Å²) >= 11 is 0. The number of carbonyl (C=O) groups is 2. The number of carbonyl (C=O) groups excluding carboxylic acids is 2. The van der Waals surface area contributed by atoms with E-state index in [-0.39, 0.29) is 5.97 Å². The Labute approximate surface area is 136 Å². The molecular weight excluding hydrogens is 288 g/mol. The number of benzene rings is 2. The van der Waals surface area contributed by atoms with E-state index in [9.17, 15) is 9.59 Å². The second kappa shape index (κ2) is 7.40. The van der Waals surface area contributed by atoms with Crippen LogP contribution in [0.1, 0.15) is 55.3 Å². The zero-order valence-corrected chi connectivity index (χ0v) is 13.3. The lowest BCUT2D eigenvalue weighted by molar-refractivity contribution is -0.134. The van der Waals surface area contributed by atoms with Gasteiger partial charge in [-0.05, 0) is 29.2 Å². The van der Waals surface area contributed by atoms with Gasteiger partial charge in [0.2, 0.25) is 0 Å². The first-order chi connectivity index (χ1) is 11.3. The highest BCUT2D eigenvalue weighted by Gasteiger charge is 2.17. The minimum atomic E-state index is -0.242. The number of hydrogen-bond acceptors (Lipinski definition) is 3. The van der Waals surface area contributed by atoms with Crippen molar-refractivity contribution in [2.45, 2.75) is 44.9 Å². The molecule has 1 aliphatic carbocycles. The lowest BCUT2D eigenvalue weighted by Gasteiger charge is -2.20. The van der Waals surface area contributed by atoms with Crippen LogP contribution in [0.25, 0.3) is 10.8 Å². The summed E-state index contributed by atoms with van der Waals surface area (Å²) in [5.74, 6) is 0.778. The fourth-order valence-corrected chi connectivity index (χ4v) is 3.46. The van der Waals surface area contributed by atoms with Crippen molar-refractivity contribution in [1.29, 1.82) is 0 Å². The first kappa shape index (κ1) is 15.7. The van der Waals surface area contributed by atoms with Crippen LogP contribution in [0, 0.1) is 5.92 Å². The van der Waals surface area contributed by atoms with Crippen LogP contribution in [0.4, 0.5) is 0 Å². The minimum Gasteiger partial charge on any atom is -0.426 e. The van der Waals surface area contributed by atoms with Gasteiger partial charge in [-0.25, -0.2) is 0 Å². The van der Waals surface area contributed by atoms with E-state index >= 15 is 0 Å². The van der Waals surface area contributed by atoms with E-state index in [4.69, 9.17) is 4.74 Å². The molecule has 1 fully saturated rings. The number of fused-ring (bicyclic) bond motifs is 1. The normalized spacial score (nSPS) is 15.5. The maximum atomic E-state index is 12.1. The second-order valence-electron chi connectivity index (χ2n) is 6.33. The van der Waals surface area contributed by atoms with Crippen molar-refractivity contribution in [3.63, 3.8) is 0 Å². The Morgan fingerprint density at radius 3 is 2.65 bits per heavy atom. The quantitative estimate of drug-likeness (QED) is 0.447. The molecule has 0 N–H and O–H groups in total. The van der Waals surface area contributed by atoms with Crippen LogP contribution >= 0.6 is 0 Å². The molecule has 0 saturated heterocycles. The third-order valence-corrected chi connectivity index (χ3v) is 4.75. The number of rotatable bonds is 5. The lowest BCUT2D eigenvalue weighted by atomic mass is 9.86. The van der Waals surface area contributed by atoms with Crippen LogP contribution in [-0.4, -0.2) is 12.3 Å². The van der Waals surface area contributed by atoms with Gasteiger partial charge in [-0.3, -0.25) is 9.59 Å². The summed E-state index contributed by atoms with van der Waals surface area (Å²) < 4.78 is 5.47. The Bertz CT molecular complexity index is 699. The molecule has 1 aliphatic rings. The van der Waals surface area contributed by atoms with Crippen molar-refractivity contribution in [1.82, 2.24) is 0 Å². The Morgan fingerprint density at radius 2 is 1.87 bits per heavy atom. The third kappa shape index (κ3) is 3.79. The van der Waals surface area contributed by atoms with E-state index in [0.29, 0.717) is 23.7 Å². The second-order valence-corrected chi connectivity index (χ2v) is 6.33. The van der Waals surface area contributed by atoms with Gasteiger partial charge in [0.25, 0.3) is 0 Å². The van der Waals surface area contributed by atoms with Crippen molar-refractivity contribution in [3.8, 4) is 5.75 Å². The zero-order valence-electron chi connectivity index (χ0n) is 13.3. The van der Waals surface area contributed by atoms with Crippen molar-refractivity contribution in [3.05, 3.63) is 42.0 Å². The van der Waals surface area contributed by atoms with Gasteiger partial charge < -0.3 is 4.74 Å². The highest BCUT2D eigenvalue weighted by Crippen LogP contribution is 2.29. The molecule has 0 atom stereocenters. The molecule has 1 saturated carbocycles. The molecule has 120 valence electrons. The third-order valence-electron chi connectivity index (χ3n) is 4.75. The van der Waals surface area contributed by atoms with Gasteiger partial charge in [0.15, 0.2) is 6.29 Å². The first-order valence-electron chi connectivity index (χ1n) is 8.45. The zero-order chi connectivity index (χ0) is 16.1. The molecule has 2 aromatic rings. The van der Waals surface area contributed by atoms with Crippen molar-refractivity contribution in [2.75, 3.05) is 0 Å². The summed E-state index contributed by atoms with van der Waals surface area (Å²) in [6.45, 7) is 0. The molecule has 0 aromatic heterocycles. The molecule has 3 heteroatoms. The number of ether oxygens (including phenoxy) is 1. The first-order valence-corrected chi connectivity index (χ1v) is 8.45. The van der Waals surface area contributed by atoms with E-state index in [1.807, 2.05) is 30.3 Å². The maximum absolute atomic E-state index is 12.1. The topological polar surface area (TPSA) is 43.4 Å². The van der Waals surface area contributed by atoms with Crippen molar-refractivity contribution >= 4 is 23.0 Å². The molecule has 0 radical (unpaired) electrons. The van der Waals surface area contributed by atoms with Crippen molar-refractivity contribution in [2.24, 2.45) is 5.92 Å². The Kier molecular flexibility index (Phi) is 5.06. The molecule has 0 spiro atoms. The highest BCUT2D eigenvalue weighted by atomic mass is 16.5. The molecule has 3 rings (SSSR count). The fraction of sp³-hybridized carbons (Fsp3) is 0.400. The molecule has 0 amide bonds. The minimum absolute atomic E-state index is 0.242. The van der Waals surface area contributed by atoms with Gasteiger partial charge in [-0.2, -0.15) is 0 Å². The van der Waals surface area contributed by atoms with Gasteiger partial charge in [-0.15, -0.1) is 0 Å². The summed E-state index contributed by atoms with van der Waals surface area (Å²) in [6.07, 6.45) is 8.41. The molecule has 0 bridgehead atoms. The van der Waals surface area contributed by atoms with Gasteiger partial charge in [0.1, 0.15) is 5.75 Å². The van der Waals surface area contributed by atoms with Gasteiger partial charge in [0.05, 0.1) is 5.56 Å². The molecular formula is C20H22O3. The molecule has 23 heavy (non-hydrogen) atoms. The van der Waals surface area contributed by atoms with E-state index in [2.05, 4.69) is 0 Å². The van der Waals surface area contributed by atoms with Gasteiger partial charge in [-0.1, -0.05) is 62.4 Å². The predicted molar refractivity (Wildman–Crippen MR) is 90.8 cm³/mol. The van der Waals surface area contributed by atoms with Crippen LogP contribution in [0.15, 0.2) is 36.4 Å². The Morgan fingerprint density at radius 1 is 1.09 bits per heavy atom. The molecule has 3 nitrogen and oxygen atoms in total. The van der Waals surface area contributed by atoms with Crippen LogP contribution in [0.3, 0.4) is 0 Å². The molecule has 0 aliphatic heterocycles. The predicted octanol–water partition coefficient (Wildman–Crippen LogP) is 4.92. The summed E-state index contributed by atoms with van der Waals surface area (Å²) in [7, 11) is 0. The summed E-state index contributed by atoms with van der Waals surface area (Å²) in [4.78, 5) is 23.6. The maximum Gasteiger partial charge on any atom is 0.311 e. The average molecular weight is 310 g/mol. The van der Waals surface area contributed by atoms with Gasteiger partial charge in [0, 0.05) is 6.42 Å². The number of esters is 1. The fourth-order valence-electron chi connectivity index (χ4n) is 3.46. The summed E-state index contributed by atoms with van der Waals surface area (Å²) in [6, 6.07) is 11.2. The van der Waals surface area contributed by atoms with E-state index in [0.717, 1.165) is 23.5 Å². The number of hydrogen-bond donors (Lipinski definition) is 0. The van der Waals surface area contributed by atoms with Crippen molar-refractivity contribution < 1.29 is 14.3 Å². The Balaban J connectivity index is 1.68. The van der Waals surface area contributed by atoms with Crippen LogP contribution < -0.4 is 4.74 Å². The Hall–Kier alpha value is -2.16. The lowest BCUT2D eigenvalue weighted by Crippen LogP contribution is -2.13. The SMILES string of the molecule is O=Cc1c(OC(=O)CCC2CCCCC2)ccc2ccccc12. The van der Waals surface area contributed by atoms with Crippen LogP contribution in [0.2, 0.25) is 0 Å². The molecule has 2 aromatic carbocycles. The van der Waals surface area contributed by atoms with E-state index in [1.54, 1.807) is 6.07 Å². The van der Waals surface area contributed by atoms with E-state index in [1.165, 1.54) is 32.1 Å². The summed E-state index contributed by atoms with van der Waals surface area (Å²) in [5.41, 5.74) is 0.453. The molecule has 0 heterocycles.